The number of ketones is 1. The average molecular weight is 505 g/mol. The molecule has 0 aliphatic heterocycles. The molecule has 2 fully saturated rings. The molecule has 0 heterocycles. The van der Waals surface area contributed by atoms with E-state index in [9.17, 15) is 9.59 Å². The quantitative estimate of drug-likeness (QED) is 0.441. The van der Waals surface area contributed by atoms with E-state index in [1.54, 1.807) is 14.0 Å². The van der Waals surface area contributed by atoms with Crippen molar-refractivity contribution >= 4 is 11.7 Å². The fourth-order valence-corrected chi connectivity index (χ4v) is 6.91. The number of nitrogens with one attached hydrogen (secondary N) is 2. The van der Waals surface area contributed by atoms with E-state index in [0.29, 0.717) is 11.8 Å². The van der Waals surface area contributed by atoms with Crippen molar-refractivity contribution in [1.82, 2.24) is 10.6 Å². The molecule has 2 N–H and O–H groups in total. The van der Waals surface area contributed by atoms with Crippen LogP contribution in [0.4, 0.5) is 0 Å². The maximum absolute atomic E-state index is 13.8. The average Bonchev–Trinajstić information content (AvgIpc) is 2.88. The molecule has 0 aromatic heterocycles. The molecule has 0 bridgehead atoms. The second-order valence-electron chi connectivity index (χ2n) is 12.0. The fourth-order valence-electron chi connectivity index (χ4n) is 6.91. The first-order chi connectivity index (χ1) is 17.6. The number of ether oxygens (including phenoxy) is 1. The van der Waals surface area contributed by atoms with Crippen LogP contribution in [-0.4, -0.2) is 24.8 Å². The number of methoxy groups -OCH3 is 1. The van der Waals surface area contributed by atoms with E-state index in [1.807, 2.05) is 30.3 Å². The van der Waals surface area contributed by atoms with Gasteiger partial charge in [0.05, 0.1) is 12.6 Å². The summed E-state index contributed by atoms with van der Waals surface area (Å²) in [5.41, 5.74) is 1.99. The zero-order valence-electron chi connectivity index (χ0n) is 23.2. The molecule has 200 valence electrons. The van der Waals surface area contributed by atoms with Gasteiger partial charge in [-0.3, -0.25) is 9.59 Å². The predicted octanol–water partition coefficient (Wildman–Crippen LogP) is 6.33. The monoisotopic (exact) mass is 504 g/mol. The molecule has 1 amide bonds. The molecule has 5 heteroatoms. The van der Waals surface area contributed by atoms with Crippen molar-refractivity contribution in [3.8, 4) is 5.75 Å². The van der Waals surface area contributed by atoms with Gasteiger partial charge >= 0.3 is 0 Å². The Bertz CT molecular complexity index is 1060. The molecular weight excluding hydrogens is 460 g/mol. The molecule has 2 aliphatic carbocycles. The van der Waals surface area contributed by atoms with E-state index < -0.39 is 0 Å². The zero-order valence-corrected chi connectivity index (χ0v) is 23.2. The van der Waals surface area contributed by atoms with E-state index in [4.69, 9.17) is 4.74 Å². The number of rotatable bonds is 8. The number of hydrogen-bond acceptors (Lipinski definition) is 4. The van der Waals surface area contributed by atoms with Crippen LogP contribution in [0.3, 0.4) is 0 Å². The fraction of sp³-hybridized carbons (Fsp3) is 0.562. The highest BCUT2D eigenvalue weighted by molar-refractivity contribution is 5.84. The Balaban J connectivity index is 1.36. The van der Waals surface area contributed by atoms with Crippen LogP contribution in [0, 0.1) is 17.3 Å². The maximum Gasteiger partial charge on any atom is 0.217 e. The predicted molar refractivity (Wildman–Crippen MR) is 148 cm³/mol. The van der Waals surface area contributed by atoms with Crippen LogP contribution in [0.25, 0.3) is 0 Å². The van der Waals surface area contributed by atoms with Crippen LogP contribution >= 0.6 is 0 Å². The number of amides is 1. The van der Waals surface area contributed by atoms with Crippen LogP contribution in [0.15, 0.2) is 54.6 Å². The summed E-state index contributed by atoms with van der Waals surface area (Å²) in [6, 6.07) is 19.2. The summed E-state index contributed by atoms with van der Waals surface area (Å²) in [6.07, 6.45) is 6.23. The normalized spacial score (nSPS) is 28.2. The Hall–Kier alpha value is -2.66. The van der Waals surface area contributed by atoms with Crippen LogP contribution in [0.1, 0.15) is 89.8 Å². The second kappa shape index (κ2) is 11.4. The van der Waals surface area contributed by atoms with Gasteiger partial charge in [-0.1, -0.05) is 56.3 Å². The number of carbonyl (C=O) groups is 2. The minimum absolute atomic E-state index is 0.00977. The third kappa shape index (κ3) is 6.26. The zero-order chi connectivity index (χ0) is 26.6. The molecule has 2 aromatic carbocycles. The van der Waals surface area contributed by atoms with Crippen molar-refractivity contribution in [2.45, 2.75) is 90.3 Å². The third-order valence-corrected chi connectivity index (χ3v) is 8.95. The van der Waals surface area contributed by atoms with Gasteiger partial charge in [-0.15, -0.1) is 0 Å². The molecule has 2 aromatic rings. The second-order valence-corrected chi connectivity index (χ2v) is 12.0. The van der Waals surface area contributed by atoms with Crippen LogP contribution in [0.2, 0.25) is 0 Å². The van der Waals surface area contributed by atoms with Crippen molar-refractivity contribution < 1.29 is 14.3 Å². The van der Waals surface area contributed by atoms with Crippen LogP contribution in [0.5, 0.6) is 5.75 Å². The molecule has 2 saturated carbocycles. The van der Waals surface area contributed by atoms with Gasteiger partial charge in [0.25, 0.3) is 0 Å². The summed E-state index contributed by atoms with van der Waals surface area (Å²) < 4.78 is 5.29. The van der Waals surface area contributed by atoms with Crippen molar-refractivity contribution in [2.75, 3.05) is 7.11 Å². The van der Waals surface area contributed by atoms with Crippen molar-refractivity contribution in [2.24, 2.45) is 17.3 Å². The summed E-state index contributed by atoms with van der Waals surface area (Å²) in [7, 11) is 1.69. The molecule has 0 saturated heterocycles. The van der Waals surface area contributed by atoms with Gasteiger partial charge in [0, 0.05) is 30.8 Å². The number of Topliss-reactive ketones (excluding diaryl/α,β-unsaturated/α-hetero) is 1. The summed E-state index contributed by atoms with van der Waals surface area (Å²) in [6.45, 7) is 8.35. The molecule has 0 radical (unpaired) electrons. The molecule has 0 unspecified atom stereocenters. The highest BCUT2D eigenvalue weighted by Gasteiger charge is 2.46. The first-order valence-electron chi connectivity index (χ1n) is 13.9. The summed E-state index contributed by atoms with van der Waals surface area (Å²) >= 11 is 0. The minimum Gasteiger partial charge on any atom is -0.497 e. The Labute approximate surface area is 222 Å². The molecule has 4 rings (SSSR count). The Morgan fingerprint density at radius 3 is 2.16 bits per heavy atom. The number of benzene rings is 2. The summed E-state index contributed by atoms with van der Waals surface area (Å²) in [4.78, 5) is 25.9. The maximum atomic E-state index is 13.8. The lowest BCUT2D eigenvalue weighted by atomic mass is 9.61. The summed E-state index contributed by atoms with van der Waals surface area (Å²) in [5.74, 6) is 1.48. The molecule has 0 spiro atoms. The van der Waals surface area contributed by atoms with Gasteiger partial charge in [-0.25, -0.2) is 0 Å². The van der Waals surface area contributed by atoms with E-state index in [-0.39, 0.29) is 34.7 Å². The van der Waals surface area contributed by atoms with E-state index >= 15 is 0 Å². The van der Waals surface area contributed by atoms with Gasteiger partial charge in [0.1, 0.15) is 11.5 Å². The van der Waals surface area contributed by atoms with Crippen LogP contribution in [-0.2, 0) is 15.1 Å². The lowest BCUT2D eigenvalue weighted by molar-refractivity contribution is -0.134. The van der Waals surface area contributed by atoms with Gasteiger partial charge in [0.15, 0.2) is 0 Å². The lowest BCUT2D eigenvalue weighted by Gasteiger charge is -2.46. The van der Waals surface area contributed by atoms with E-state index in [2.05, 4.69) is 55.7 Å². The smallest absolute Gasteiger partial charge is 0.217 e. The standard InChI is InChI=1S/C32H44N2O3/c1-22(24-11-14-28(37-5)15-12-24)33-27-13-16-29(31(3,4)21-27)30(36)25-17-19-32(20-18-25,34-23(2)35)26-9-7-6-8-10-26/h6-12,14-15,22,25,27,29,33H,13,16-21H2,1-5H3,(H,34,35)/t22-,25?,27-,29+,32?/m1/s1. The number of hydrogen-bond donors (Lipinski definition) is 2. The largest absolute Gasteiger partial charge is 0.497 e. The van der Waals surface area contributed by atoms with Crippen molar-refractivity contribution in [3.63, 3.8) is 0 Å². The molecule has 3 atom stereocenters. The first kappa shape index (κ1) is 27.4. The molecule has 2 aliphatic rings. The third-order valence-electron chi connectivity index (χ3n) is 8.95. The lowest BCUT2D eigenvalue weighted by Crippen LogP contribution is -2.50. The van der Waals surface area contributed by atoms with Gasteiger partial charge in [-0.05, 0) is 80.5 Å². The topological polar surface area (TPSA) is 67.4 Å². The van der Waals surface area contributed by atoms with E-state index in [0.717, 1.165) is 56.3 Å². The van der Waals surface area contributed by atoms with Gasteiger partial charge < -0.3 is 15.4 Å². The van der Waals surface area contributed by atoms with Crippen molar-refractivity contribution in [3.05, 3.63) is 65.7 Å². The Morgan fingerprint density at radius 2 is 1.59 bits per heavy atom. The van der Waals surface area contributed by atoms with Crippen molar-refractivity contribution in [1.29, 1.82) is 0 Å². The number of carbonyl (C=O) groups excluding carboxylic acids is 2. The molecule has 37 heavy (non-hydrogen) atoms. The Morgan fingerprint density at radius 1 is 0.946 bits per heavy atom. The summed E-state index contributed by atoms with van der Waals surface area (Å²) in [5, 5.41) is 7.07. The van der Waals surface area contributed by atoms with Gasteiger partial charge in [-0.2, -0.15) is 0 Å². The van der Waals surface area contributed by atoms with Gasteiger partial charge in [0.2, 0.25) is 5.91 Å². The minimum atomic E-state index is -0.363. The molecule has 5 nitrogen and oxygen atoms in total. The van der Waals surface area contributed by atoms with Crippen LogP contribution < -0.4 is 15.4 Å². The highest BCUT2D eigenvalue weighted by Crippen LogP contribution is 2.46. The Kier molecular flexibility index (Phi) is 8.42. The SMILES string of the molecule is COc1ccc([C@@H](C)N[C@@H]2CC[C@@H](C(=O)C3CCC(NC(C)=O)(c4ccccc4)CC3)C(C)(C)C2)cc1. The first-order valence-corrected chi connectivity index (χ1v) is 13.9. The molecular formula is C32H44N2O3. The van der Waals surface area contributed by atoms with E-state index in [1.165, 1.54) is 5.56 Å². The highest BCUT2D eigenvalue weighted by atomic mass is 16.5.